The van der Waals surface area contributed by atoms with Crippen LogP contribution in [0, 0.1) is 0 Å². The Morgan fingerprint density at radius 2 is 1.81 bits per heavy atom. The Balaban J connectivity index is 0.00000341. The molecule has 2 aromatic rings. The smallest absolute Gasteiger partial charge is 0.545 e. The van der Waals surface area contributed by atoms with Crippen LogP contribution in [0.3, 0.4) is 0 Å². The van der Waals surface area contributed by atoms with Gasteiger partial charge in [-0.1, -0.05) is 55.2 Å². The van der Waals surface area contributed by atoms with Crippen LogP contribution in [0.1, 0.15) is 41.8 Å². The first-order valence-corrected chi connectivity index (χ1v) is 10.6. The van der Waals surface area contributed by atoms with E-state index in [9.17, 15) is 19.8 Å². The average Bonchev–Trinajstić information content (AvgIpc) is 2.94. The van der Waals surface area contributed by atoms with Crippen molar-refractivity contribution in [2.75, 3.05) is 31.1 Å². The fourth-order valence-corrected chi connectivity index (χ4v) is 4.54. The molecule has 0 bridgehead atoms. The molecule has 0 saturated carbocycles. The van der Waals surface area contributed by atoms with Crippen molar-refractivity contribution in [3.8, 4) is 0 Å². The first-order chi connectivity index (χ1) is 14.2. The van der Waals surface area contributed by atoms with Gasteiger partial charge >= 0.3 is 29.6 Å². The molecule has 2 aromatic carbocycles. The number of carboxylic acids is 1. The zero-order valence-corrected chi connectivity index (χ0v) is 21.3. The van der Waals surface area contributed by atoms with Gasteiger partial charge in [-0.2, -0.15) is 0 Å². The number of nitrogens with zero attached hydrogens (tertiary/aromatic N) is 2. The van der Waals surface area contributed by atoms with Crippen LogP contribution in [0.4, 0.5) is 5.69 Å². The van der Waals surface area contributed by atoms with E-state index in [2.05, 4.69) is 18.7 Å². The van der Waals surface area contributed by atoms with Crippen molar-refractivity contribution in [1.29, 1.82) is 0 Å². The van der Waals surface area contributed by atoms with E-state index in [1.807, 2.05) is 0 Å². The Labute approximate surface area is 214 Å². The minimum atomic E-state index is -2.11. The minimum Gasteiger partial charge on any atom is -0.545 e. The maximum absolute atomic E-state index is 13.5. The maximum Gasteiger partial charge on any atom is 1.00 e. The van der Waals surface area contributed by atoms with Crippen molar-refractivity contribution in [2.45, 2.75) is 25.9 Å². The molecule has 0 aromatic heterocycles. The molecule has 0 radical (unpaired) electrons. The van der Waals surface area contributed by atoms with E-state index >= 15 is 0 Å². The van der Waals surface area contributed by atoms with Crippen LogP contribution < -0.4 is 39.6 Å². The summed E-state index contributed by atoms with van der Waals surface area (Å²) in [5, 5.41) is 23.2. The molecule has 1 N–H and O–H groups in total. The number of aromatic carboxylic acids is 1. The second kappa shape index (κ2) is 10.7. The van der Waals surface area contributed by atoms with E-state index in [0.29, 0.717) is 13.0 Å². The summed E-state index contributed by atoms with van der Waals surface area (Å²) in [6.45, 7) is 6.92. The number of carbonyl (C=O) groups is 2. The van der Waals surface area contributed by atoms with Crippen molar-refractivity contribution < 1.29 is 49.4 Å². The summed E-state index contributed by atoms with van der Waals surface area (Å²) in [5.41, 5.74) is -1.68. The fourth-order valence-electron chi connectivity index (χ4n) is 3.91. The summed E-state index contributed by atoms with van der Waals surface area (Å²) in [6, 6.07) is 9.00. The number of carbonyl (C=O) groups excluding carboxylic acids is 2. The normalized spacial score (nSPS) is 17.6. The van der Waals surface area contributed by atoms with Crippen LogP contribution in [-0.4, -0.2) is 48.1 Å². The van der Waals surface area contributed by atoms with E-state index in [4.69, 9.17) is 23.2 Å². The number of amides is 1. The quantitative estimate of drug-likeness (QED) is 0.532. The SMILES string of the molecule is CCN(CC)CCCN1C(=O)C(O)(c2ccccc2Cl)c2c(Cl)cc(C(=O)[O-])cc21.[Na+]. The Morgan fingerprint density at radius 3 is 2.39 bits per heavy atom. The van der Waals surface area contributed by atoms with E-state index < -0.39 is 17.5 Å². The van der Waals surface area contributed by atoms with Crippen LogP contribution in [0.25, 0.3) is 0 Å². The van der Waals surface area contributed by atoms with Crippen molar-refractivity contribution >= 4 is 40.8 Å². The van der Waals surface area contributed by atoms with E-state index in [1.165, 1.54) is 17.0 Å². The number of hydrogen-bond donors (Lipinski definition) is 1. The summed E-state index contributed by atoms with van der Waals surface area (Å²) >= 11 is 12.7. The number of halogens is 2. The van der Waals surface area contributed by atoms with Gasteiger partial charge in [-0.15, -0.1) is 0 Å². The Hall–Kier alpha value is -1.12. The number of anilines is 1. The molecule has 160 valence electrons. The van der Waals surface area contributed by atoms with Crippen molar-refractivity contribution in [2.24, 2.45) is 0 Å². The largest absolute Gasteiger partial charge is 1.00 e. The van der Waals surface area contributed by atoms with E-state index in [-0.39, 0.29) is 62.0 Å². The molecule has 0 spiro atoms. The molecule has 3 rings (SSSR count). The van der Waals surface area contributed by atoms with Gasteiger partial charge in [-0.05, 0) is 44.3 Å². The molecule has 1 heterocycles. The van der Waals surface area contributed by atoms with Crippen LogP contribution in [0.15, 0.2) is 36.4 Å². The average molecular weight is 473 g/mol. The summed E-state index contributed by atoms with van der Waals surface area (Å²) in [4.78, 5) is 28.5. The summed E-state index contributed by atoms with van der Waals surface area (Å²) in [5.74, 6) is -2.02. The second-order valence-electron chi connectivity index (χ2n) is 7.17. The van der Waals surface area contributed by atoms with Gasteiger partial charge in [0.1, 0.15) is 0 Å². The third-order valence-corrected chi connectivity index (χ3v) is 6.15. The second-order valence-corrected chi connectivity index (χ2v) is 7.98. The Bertz CT molecular complexity index is 984. The molecular formula is C22H23Cl2N2NaO4. The topological polar surface area (TPSA) is 83.9 Å². The van der Waals surface area contributed by atoms with Gasteiger partial charge in [-0.3, -0.25) is 4.79 Å². The van der Waals surface area contributed by atoms with E-state index in [0.717, 1.165) is 19.6 Å². The molecule has 31 heavy (non-hydrogen) atoms. The third-order valence-electron chi connectivity index (χ3n) is 5.53. The number of rotatable bonds is 8. The zero-order valence-electron chi connectivity index (χ0n) is 17.8. The van der Waals surface area contributed by atoms with Crippen LogP contribution >= 0.6 is 23.2 Å². The third kappa shape index (κ3) is 4.81. The van der Waals surface area contributed by atoms with Crippen molar-refractivity contribution in [3.05, 3.63) is 63.1 Å². The van der Waals surface area contributed by atoms with Crippen molar-refractivity contribution in [1.82, 2.24) is 4.90 Å². The number of aliphatic hydroxyl groups is 1. The van der Waals surface area contributed by atoms with Gasteiger partial charge in [0.2, 0.25) is 0 Å². The summed E-state index contributed by atoms with van der Waals surface area (Å²) in [6.07, 6.45) is 0.638. The standard InChI is InChI=1S/C22H24Cl2N2O4.Na/c1-3-25(4-2)10-7-11-26-18-13-14(20(27)28)12-17(24)19(18)22(30,21(26)29)15-8-5-6-9-16(15)23;/h5-6,8-9,12-13,30H,3-4,7,10-11H2,1-2H3,(H,27,28);/q;+1/p-1. The van der Waals surface area contributed by atoms with Gasteiger partial charge in [0.25, 0.3) is 5.91 Å². The van der Waals surface area contributed by atoms with Gasteiger partial charge in [0, 0.05) is 28.3 Å². The number of carboxylic acid groups (broad SMARTS) is 1. The van der Waals surface area contributed by atoms with Gasteiger partial charge in [0.05, 0.1) is 16.7 Å². The molecule has 1 amide bonds. The Morgan fingerprint density at radius 1 is 1.16 bits per heavy atom. The summed E-state index contributed by atoms with van der Waals surface area (Å²) in [7, 11) is 0. The molecule has 1 atom stereocenters. The molecular weight excluding hydrogens is 450 g/mol. The molecule has 0 aliphatic carbocycles. The van der Waals surface area contributed by atoms with Gasteiger partial charge in [-0.25, -0.2) is 0 Å². The molecule has 1 aliphatic rings. The monoisotopic (exact) mass is 472 g/mol. The number of fused-ring (bicyclic) bond motifs is 1. The van der Waals surface area contributed by atoms with Crippen molar-refractivity contribution in [3.63, 3.8) is 0 Å². The maximum atomic E-state index is 13.5. The number of benzene rings is 2. The summed E-state index contributed by atoms with van der Waals surface area (Å²) < 4.78 is 0. The zero-order chi connectivity index (χ0) is 22.1. The predicted octanol–water partition coefficient (Wildman–Crippen LogP) is -0.325. The molecule has 0 fully saturated rings. The Kier molecular flexibility index (Phi) is 8.99. The molecule has 9 heteroatoms. The predicted molar refractivity (Wildman–Crippen MR) is 115 cm³/mol. The van der Waals surface area contributed by atoms with Gasteiger partial charge in [0.15, 0.2) is 5.60 Å². The van der Waals surface area contributed by atoms with Crippen LogP contribution in [0.2, 0.25) is 10.0 Å². The molecule has 6 nitrogen and oxygen atoms in total. The molecule has 1 aliphatic heterocycles. The first kappa shape index (κ1) is 26.1. The molecule has 1 unspecified atom stereocenters. The minimum absolute atomic E-state index is 0. The van der Waals surface area contributed by atoms with Gasteiger partial charge < -0.3 is 24.8 Å². The fraction of sp³-hybridized carbons (Fsp3) is 0.364. The van der Waals surface area contributed by atoms with Crippen LogP contribution in [0.5, 0.6) is 0 Å². The molecule has 0 saturated heterocycles. The number of hydrogen-bond acceptors (Lipinski definition) is 5. The first-order valence-electron chi connectivity index (χ1n) is 9.82. The van der Waals surface area contributed by atoms with E-state index in [1.54, 1.807) is 24.3 Å². The van der Waals surface area contributed by atoms with Crippen LogP contribution in [-0.2, 0) is 10.4 Å².